The molecule has 0 saturated carbocycles. The number of aryl methyl sites for hydroxylation is 1. The molecule has 0 radical (unpaired) electrons. The average molecular weight is 429 g/mol. The van der Waals surface area contributed by atoms with E-state index in [4.69, 9.17) is 0 Å². The number of halogens is 3. The van der Waals surface area contributed by atoms with Gasteiger partial charge in [-0.1, -0.05) is 24.3 Å². The Morgan fingerprint density at radius 2 is 2.06 bits per heavy atom. The summed E-state index contributed by atoms with van der Waals surface area (Å²) in [5.41, 5.74) is 1.97. The number of nitrogens with zero attached hydrogens (tertiary/aromatic N) is 4. The van der Waals surface area contributed by atoms with Crippen LogP contribution in [0.5, 0.6) is 0 Å². The van der Waals surface area contributed by atoms with Crippen molar-refractivity contribution < 1.29 is 18.0 Å². The molecule has 0 bridgehead atoms. The Balaban J connectivity index is 1.54. The lowest BCUT2D eigenvalue weighted by molar-refractivity contribution is -0.137. The Morgan fingerprint density at radius 1 is 1.26 bits per heavy atom. The number of likely N-dealkylation sites (N-methyl/N-ethyl adjacent to an activating group) is 1. The smallest absolute Gasteiger partial charge is 0.323 e. The lowest BCUT2D eigenvalue weighted by Crippen LogP contribution is -2.35. The van der Waals surface area contributed by atoms with Gasteiger partial charge in [-0.3, -0.25) is 9.69 Å². The first-order valence-corrected chi connectivity index (χ1v) is 9.97. The molecule has 0 fully saturated rings. The number of benzene rings is 2. The van der Waals surface area contributed by atoms with E-state index in [2.05, 4.69) is 27.5 Å². The maximum absolute atomic E-state index is 13.2. The molecule has 0 aliphatic heterocycles. The lowest BCUT2D eigenvalue weighted by Gasteiger charge is -2.33. The van der Waals surface area contributed by atoms with Crippen LogP contribution in [0.4, 0.5) is 18.9 Å². The van der Waals surface area contributed by atoms with Crippen LogP contribution >= 0.6 is 0 Å². The van der Waals surface area contributed by atoms with E-state index in [9.17, 15) is 18.0 Å². The Labute approximate surface area is 177 Å². The number of fused-ring (bicyclic) bond motifs is 1. The van der Waals surface area contributed by atoms with Gasteiger partial charge in [-0.05, 0) is 55.6 Å². The van der Waals surface area contributed by atoms with E-state index in [0.717, 1.165) is 31.4 Å². The van der Waals surface area contributed by atoms with Gasteiger partial charge in [-0.25, -0.2) is 9.67 Å². The molecule has 1 atom stereocenters. The fourth-order valence-electron chi connectivity index (χ4n) is 4.06. The summed E-state index contributed by atoms with van der Waals surface area (Å²) in [4.78, 5) is 18.6. The van der Waals surface area contributed by atoms with Crippen molar-refractivity contribution in [3.63, 3.8) is 0 Å². The Bertz CT molecular complexity index is 1070. The Morgan fingerprint density at radius 3 is 2.81 bits per heavy atom. The van der Waals surface area contributed by atoms with Gasteiger partial charge in [-0.15, -0.1) is 0 Å². The number of carbonyl (C=O) groups excluding carboxylic acids is 1. The summed E-state index contributed by atoms with van der Waals surface area (Å²) in [5.74, 6) is -0.397. The third kappa shape index (κ3) is 4.61. The number of hydrogen-bond donors (Lipinski definition) is 1. The Kier molecular flexibility index (Phi) is 5.77. The first kappa shape index (κ1) is 21.0. The van der Waals surface area contributed by atoms with Crippen LogP contribution in [-0.4, -0.2) is 39.2 Å². The monoisotopic (exact) mass is 429 g/mol. The van der Waals surface area contributed by atoms with Crippen molar-refractivity contribution in [1.29, 1.82) is 0 Å². The summed E-state index contributed by atoms with van der Waals surface area (Å²) >= 11 is 0. The van der Waals surface area contributed by atoms with Crippen molar-refractivity contribution in [3.8, 4) is 5.69 Å². The molecule has 9 heteroatoms. The van der Waals surface area contributed by atoms with Gasteiger partial charge in [0.1, 0.15) is 12.7 Å². The standard InChI is InChI=1S/C22H22F3N5O/c1-29(19-8-4-6-15-5-2-3-7-17(15)19)12-21(31)28-18-11-16(22(23,24)25)9-10-20(18)30-14-26-13-27-30/h2-3,5,7,9-11,13-14,19H,4,6,8,12H2,1H3,(H,28,31). The topological polar surface area (TPSA) is 63.1 Å². The minimum absolute atomic E-state index is 0.0303. The van der Waals surface area contributed by atoms with Crippen molar-refractivity contribution in [3.05, 3.63) is 71.8 Å². The van der Waals surface area contributed by atoms with E-state index in [0.29, 0.717) is 5.69 Å². The molecular weight excluding hydrogens is 407 g/mol. The summed E-state index contributed by atoms with van der Waals surface area (Å²) in [5, 5.41) is 6.60. The van der Waals surface area contributed by atoms with Crippen LogP contribution in [0.15, 0.2) is 55.1 Å². The van der Waals surface area contributed by atoms with Crippen LogP contribution in [0.3, 0.4) is 0 Å². The number of aromatic nitrogens is 3. The highest BCUT2D eigenvalue weighted by Crippen LogP contribution is 2.34. The van der Waals surface area contributed by atoms with Crippen molar-refractivity contribution in [2.75, 3.05) is 18.9 Å². The summed E-state index contributed by atoms with van der Waals surface area (Å²) in [6.45, 7) is 0.0477. The SMILES string of the molecule is CN(CC(=O)Nc1cc(C(F)(F)F)ccc1-n1cncn1)C1CCCc2ccccc21. The molecule has 0 saturated heterocycles. The summed E-state index contributed by atoms with van der Waals surface area (Å²) in [7, 11) is 1.86. The van der Waals surface area contributed by atoms with Gasteiger partial charge >= 0.3 is 6.18 Å². The predicted molar refractivity (Wildman–Crippen MR) is 110 cm³/mol. The predicted octanol–water partition coefficient (Wildman–Crippen LogP) is 4.23. The van der Waals surface area contributed by atoms with Crippen LogP contribution in [0, 0.1) is 0 Å². The Hall–Kier alpha value is -3.20. The van der Waals surface area contributed by atoms with Gasteiger partial charge in [-0.2, -0.15) is 18.3 Å². The molecule has 1 unspecified atom stereocenters. The summed E-state index contributed by atoms with van der Waals surface area (Å²) in [6, 6.07) is 11.4. The summed E-state index contributed by atoms with van der Waals surface area (Å²) in [6.07, 6.45) is 1.08. The fourth-order valence-corrected chi connectivity index (χ4v) is 4.06. The van der Waals surface area contributed by atoms with E-state index >= 15 is 0 Å². The van der Waals surface area contributed by atoms with Gasteiger partial charge in [0.2, 0.25) is 5.91 Å². The van der Waals surface area contributed by atoms with E-state index in [-0.39, 0.29) is 18.3 Å². The van der Waals surface area contributed by atoms with Crippen LogP contribution in [-0.2, 0) is 17.4 Å². The van der Waals surface area contributed by atoms with Gasteiger partial charge in [0, 0.05) is 6.04 Å². The largest absolute Gasteiger partial charge is 0.416 e. The molecule has 6 nitrogen and oxygen atoms in total. The van der Waals surface area contributed by atoms with Crippen molar-refractivity contribution in [2.24, 2.45) is 0 Å². The number of amides is 1. The first-order valence-electron chi connectivity index (χ1n) is 9.97. The first-order chi connectivity index (χ1) is 14.8. The number of hydrogen-bond acceptors (Lipinski definition) is 4. The molecule has 31 heavy (non-hydrogen) atoms. The van der Waals surface area contributed by atoms with Crippen molar-refractivity contribution >= 4 is 11.6 Å². The molecule has 1 aliphatic rings. The second kappa shape index (κ2) is 8.50. The van der Waals surface area contributed by atoms with Crippen LogP contribution in [0.25, 0.3) is 5.69 Å². The molecule has 4 rings (SSSR count). The third-order valence-electron chi connectivity index (χ3n) is 5.53. The number of anilines is 1. The molecule has 2 aromatic carbocycles. The second-order valence-electron chi connectivity index (χ2n) is 7.64. The molecule has 1 aliphatic carbocycles. The maximum atomic E-state index is 13.2. The molecule has 3 aromatic rings. The third-order valence-corrected chi connectivity index (χ3v) is 5.53. The zero-order valence-corrected chi connectivity index (χ0v) is 16.9. The number of alkyl halides is 3. The van der Waals surface area contributed by atoms with E-state index in [1.165, 1.54) is 34.5 Å². The molecule has 0 spiro atoms. The van der Waals surface area contributed by atoms with Gasteiger partial charge in [0.05, 0.1) is 23.5 Å². The van der Waals surface area contributed by atoms with Crippen LogP contribution < -0.4 is 5.32 Å². The maximum Gasteiger partial charge on any atom is 0.416 e. The average Bonchev–Trinajstić information content (AvgIpc) is 3.27. The minimum Gasteiger partial charge on any atom is -0.323 e. The molecule has 1 aromatic heterocycles. The highest BCUT2D eigenvalue weighted by Gasteiger charge is 2.32. The van der Waals surface area contributed by atoms with Crippen molar-refractivity contribution in [2.45, 2.75) is 31.5 Å². The van der Waals surface area contributed by atoms with Gasteiger partial charge < -0.3 is 5.32 Å². The zero-order valence-electron chi connectivity index (χ0n) is 16.9. The molecule has 1 heterocycles. The van der Waals surface area contributed by atoms with Crippen LogP contribution in [0.2, 0.25) is 0 Å². The second-order valence-corrected chi connectivity index (χ2v) is 7.64. The number of carbonyl (C=O) groups is 1. The van der Waals surface area contributed by atoms with E-state index in [1.54, 1.807) is 0 Å². The van der Waals surface area contributed by atoms with E-state index in [1.807, 2.05) is 24.1 Å². The fraction of sp³-hybridized carbons (Fsp3) is 0.318. The van der Waals surface area contributed by atoms with Gasteiger partial charge in [0.15, 0.2) is 0 Å². The van der Waals surface area contributed by atoms with Crippen molar-refractivity contribution in [1.82, 2.24) is 19.7 Å². The molecular formula is C22H22F3N5O. The van der Waals surface area contributed by atoms with Gasteiger partial charge in [0.25, 0.3) is 0 Å². The quantitative estimate of drug-likeness (QED) is 0.659. The van der Waals surface area contributed by atoms with Crippen LogP contribution in [0.1, 0.15) is 35.6 Å². The molecule has 162 valence electrons. The number of rotatable bonds is 5. The highest BCUT2D eigenvalue weighted by molar-refractivity contribution is 5.94. The highest BCUT2D eigenvalue weighted by atomic mass is 19.4. The zero-order chi connectivity index (χ0) is 22.0. The normalized spacial score (nSPS) is 16.2. The number of nitrogens with one attached hydrogen (secondary N) is 1. The van der Waals surface area contributed by atoms with E-state index < -0.39 is 17.6 Å². The molecule has 1 amide bonds. The minimum atomic E-state index is -4.52. The lowest BCUT2D eigenvalue weighted by atomic mass is 9.87. The summed E-state index contributed by atoms with van der Waals surface area (Å²) < 4.78 is 41.0. The molecule has 1 N–H and O–H groups in total.